The molecule has 0 aromatic heterocycles. The van der Waals surface area contributed by atoms with Gasteiger partial charge in [-0.25, -0.2) is 0 Å². The Bertz CT molecular complexity index is 190. The SMILES string of the molecule is C=CCCC(CC)NCC(O)C1CCOC1. The molecule has 1 aliphatic rings. The lowest BCUT2D eigenvalue weighted by Gasteiger charge is -2.21. The molecule has 1 heterocycles. The minimum Gasteiger partial charge on any atom is -0.391 e. The third kappa shape index (κ3) is 4.64. The lowest BCUT2D eigenvalue weighted by atomic mass is 10.0. The molecular formula is C13H25NO2. The molecule has 1 rings (SSSR count). The predicted octanol–water partition coefficient (Wildman–Crippen LogP) is 1.72. The molecule has 0 aromatic rings. The summed E-state index contributed by atoms with van der Waals surface area (Å²) >= 11 is 0. The third-order valence-electron chi connectivity index (χ3n) is 3.34. The van der Waals surface area contributed by atoms with E-state index in [0.717, 1.165) is 32.3 Å². The first-order valence-corrected chi connectivity index (χ1v) is 6.38. The van der Waals surface area contributed by atoms with E-state index in [1.807, 2.05) is 6.08 Å². The van der Waals surface area contributed by atoms with Gasteiger partial charge in [0.25, 0.3) is 0 Å². The highest BCUT2D eigenvalue weighted by molar-refractivity contribution is 4.78. The van der Waals surface area contributed by atoms with Crippen molar-refractivity contribution in [1.82, 2.24) is 5.32 Å². The first kappa shape index (κ1) is 13.7. The van der Waals surface area contributed by atoms with Crippen molar-refractivity contribution in [2.45, 2.75) is 44.8 Å². The van der Waals surface area contributed by atoms with Crippen LogP contribution in [0.3, 0.4) is 0 Å². The molecule has 1 saturated heterocycles. The number of aliphatic hydroxyl groups excluding tert-OH is 1. The molecule has 0 amide bonds. The Kier molecular flexibility index (Phi) is 6.69. The molecule has 0 radical (unpaired) electrons. The smallest absolute Gasteiger partial charge is 0.0715 e. The van der Waals surface area contributed by atoms with Gasteiger partial charge in [-0.05, 0) is 25.7 Å². The second-order valence-electron chi connectivity index (χ2n) is 4.57. The normalized spacial score (nSPS) is 24.2. The summed E-state index contributed by atoms with van der Waals surface area (Å²) in [6, 6.07) is 0.495. The Balaban J connectivity index is 2.17. The zero-order valence-electron chi connectivity index (χ0n) is 10.3. The van der Waals surface area contributed by atoms with Gasteiger partial charge in [-0.2, -0.15) is 0 Å². The van der Waals surface area contributed by atoms with Crippen LogP contribution in [0.4, 0.5) is 0 Å². The van der Waals surface area contributed by atoms with E-state index in [-0.39, 0.29) is 6.10 Å². The molecule has 0 saturated carbocycles. The molecule has 3 nitrogen and oxygen atoms in total. The topological polar surface area (TPSA) is 41.5 Å². The number of hydrogen-bond acceptors (Lipinski definition) is 3. The van der Waals surface area contributed by atoms with E-state index in [1.165, 1.54) is 0 Å². The molecule has 0 aliphatic carbocycles. The number of nitrogens with one attached hydrogen (secondary N) is 1. The summed E-state index contributed by atoms with van der Waals surface area (Å²) in [7, 11) is 0. The molecule has 0 spiro atoms. The largest absolute Gasteiger partial charge is 0.391 e. The van der Waals surface area contributed by atoms with Crippen molar-refractivity contribution in [3.05, 3.63) is 12.7 Å². The average Bonchev–Trinajstić information content (AvgIpc) is 2.82. The van der Waals surface area contributed by atoms with Gasteiger partial charge in [0.1, 0.15) is 0 Å². The second kappa shape index (κ2) is 7.82. The van der Waals surface area contributed by atoms with Crippen molar-refractivity contribution in [3.8, 4) is 0 Å². The van der Waals surface area contributed by atoms with E-state index in [0.29, 0.717) is 25.1 Å². The zero-order chi connectivity index (χ0) is 11.8. The van der Waals surface area contributed by atoms with E-state index >= 15 is 0 Å². The van der Waals surface area contributed by atoms with Crippen LogP contribution in [0.15, 0.2) is 12.7 Å². The lowest BCUT2D eigenvalue weighted by molar-refractivity contribution is 0.0879. The lowest BCUT2D eigenvalue weighted by Crippen LogP contribution is -2.38. The summed E-state index contributed by atoms with van der Waals surface area (Å²) in [4.78, 5) is 0. The summed E-state index contributed by atoms with van der Waals surface area (Å²) in [5.74, 6) is 0.324. The minimum absolute atomic E-state index is 0.264. The highest BCUT2D eigenvalue weighted by Gasteiger charge is 2.24. The monoisotopic (exact) mass is 227 g/mol. The molecular weight excluding hydrogens is 202 g/mol. The van der Waals surface area contributed by atoms with Gasteiger partial charge in [-0.1, -0.05) is 13.0 Å². The Morgan fingerprint density at radius 3 is 3.00 bits per heavy atom. The van der Waals surface area contributed by atoms with E-state index < -0.39 is 0 Å². The fourth-order valence-electron chi connectivity index (χ4n) is 2.08. The molecule has 16 heavy (non-hydrogen) atoms. The van der Waals surface area contributed by atoms with Gasteiger partial charge < -0.3 is 15.2 Å². The quantitative estimate of drug-likeness (QED) is 0.620. The van der Waals surface area contributed by atoms with Crippen LogP contribution in [-0.2, 0) is 4.74 Å². The average molecular weight is 227 g/mol. The molecule has 2 N–H and O–H groups in total. The predicted molar refractivity (Wildman–Crippen MR) is 66.4 cm³/mol. The van der Waals surface area contributed by atoms with Crippen molar-refractivity contribution < 1.29 is 9.84 Å². The molecule has 0 aromatic carbocycles. The van der Waals surface area contributed by atoms with Gasteiger partial charge in [0.2, 0.25) is 0 Å². The Labute approximate surface area is 98.9 Å². The molecule has 1 aliphatic heterocycles. The molecule has 1 fully saturated rings. The van der Waals surface area contributed by atoms with E-state index in [2.05, 4.69) is 18.8 Å². The first-order chi connectivity index (χ1) is 7.77. The van der Waals surface area contributed by atoms with Crippen LogP contribution in [-0.4, -0.2) is 37.0 Å². The van der Waals surface area contributed by atoms with Crippen LogP contribution >= 0.6 is 0 Å². The Morgan fingerprint density at radius 2 is 2.44 bits per heavy atom. The van der Waals surface area contributed by atoms with Gasteiger partial charge in [0, 0.05) is 25.1 Å². The zero-order valence-corrected chi connectivity index (χ0v) is 10.3. The van der Waals surface area contributed by atoms with Crippen LogP contribution in [0.1, 0.15) is 32.6 Å². The number of ether oxygens (including phenoxy) is 1. The van der Waals surface area contributed by atoms with Gasteiger partial charge in [0.15, 0.2) is 0 Å². The van der Waals surface area contributed by atoms with Crippen LogP contribution in [0.5, 0.6) is 0 Å². The van der Waals surface area contributed by atoms with Crippen LogP contribution in [0.2, 0.25) is 0 Å². The van der Waals surface area contributed by atoms with Gasteiger partial charge in [-0.15, -0.1) is 6.58 Å². The van der Waals surface area contributed by atoms with Crippen LogP contribution in [0, 0.1) is 5.92 Å². The fraction of sp³-hybridized carbons (Fsp3) is 0.846. The van der Waals surface area contributed by atoms with Crippen molar-refractivity contribution in [1.29, 1.82) is 0 Å². The van der Waals surface area contributed by atoms with Gasteiger partial charge in [-0.3, -0.25) is 0 Å². The van der Waals surface area contributed by atoms with Crippen LogP contribution in [0.25, 0.3) is 0 Å². The summed E-state index contributed by atoms with van der Waals surface area (Å²) < 4.78 is 5.28. The van der Waals surface area contributed by atoms with Crippen molar-refractivity contribution in [3.63, 3.8) is 0 Å². The van der Waals surface area contributed by atoms with E-state index in [1.54, 1.807) is 0 Å². The number of hydrogen-bond donors (Lipinski definition) is 2. The number of aliphatic hydroxyl groups is 1. The molecule has 3 atom stereocenters. The fourth-order valence-corrected chi connectivity index (χ4v) is 2.08. The highest BCUT2D eigenvalue weighted by atomic mass is 16.5. The van der Waals surface area contributed by atoms with E-state index in [9.17, 15) is 5.11 Å². The molecule has 94 valence electrons. The maximum Gasteiger partial charge on any atom is 0.0715 e. The maximum absolute atomic E-state index is 9.96. The maximum atomic E-state index is 9.96. The van der Waals surface area contributed by atoms with Crippen LogP contribution < -0.4 is 5.32 Å². The number of rotatable bonds is 8. The first-order valence-electron chi connectivity index (χ1n) is 6.38. The van der Waals surface area contributed by atoms with Crippen molar-refractivity contribution in [2.24, 2.45) is 5.92 Å². The van der Waals surface area contributed by atoms with Gasteiger partial charge >= 0.3 is 0 Å². The van der Waals surface area contributed by atoms with Crippen molar-refractivity contribution in [2.75, 3.05) is 19.8 Å². The standard InChI is InChI=1S/C13H25NO2/c1-3-5-6-12(4-2)14-9-13(15)11-7-8-16-10-11/h3,11-15H,1,4-10H2,2H3. The Hall–Kier alpha value is -0.380. The Morgan fingerprint density at radius 1 is 1.62 bits per heavy atom. The molecule has 3 heteroatoms. The van der Waals surface area contributed by atoms with E-state index in [4.69, 9.17) is 4.74 Å². The van der Waals surface area contributed by atoms with Crippen molar-refractivity contribution >= 4 is 0 Å². The summed E-state index contributed by atoms with van der Waals surface area (Å²) in [5, 5.41) is 13.4. The third-order valence-corrected chi connectivity index (χ3v) is 3.34. The van der Waals surface area contributed by atoms with Gasteiger partial charge in [0.05, 0.1) is 12.7 Å². The highest BCUT2D eigenvalue weighted by Crippen LogP contribution is 2.16. The minimum atomic E-state index is -0.264. The summed E-state index contributed by atoms with van der Waals surface area (Å²) in [6.07, 6.45) is 5.92. The second-order valence-corrected chi connectivity index (χ2v) is 4.57. The summed E-state index contributed by atoms with van der Waals surface area (Å²) in [6.45, 7) is 8.10. The molecule has 3 unspecified atom stereocenters. The molecule has 0 bridgehead atoms. The number of allylic oxidation sites excluding steroid dienone is 1. The summed E-state index contributed by atoms with van der Waals surface area (Å²) in [5.41, 5.74) is 0.